The van der Waals surface area contributed by atoms with Gasteiger partial charge in [0, 0.05) is 38.3 Å². The van der Waals surface area contributed by atoms with Crippen LogP contribution >= 0.6 is 11.8 Å². The number of nitrogens with one attached hydrogen (secondary N) is 1. The van der Waals surface area contributed by atoms with E-state index in [0.717, 1.165) is 37.1 Å². The van der Waals surface area contributed by atoms with E-state index in [1.165, 1.54) is 19.3 Å². The minimum Gasteiger partial charge on any atom is -0.350 e. The van der Waals surface area contributed by atoms with Crippen molar-refractivity contribution < 1.29 is 4.79 Å². The van der Waals surface area contributed by atoms with E-state index < -0.39 is 0 Å². The average molecular weight is 363 g/mol. The monoisotopic (exact) mass is 363 g/mol. The normalized spacial score (nSPS) is 15.4. The van der Waals surface area contributed by atoms with Gasteiger partial charge in [0.1, 0.15) is 0 Å². The molecule has 1 N–H and O–H groups in total. The fourth-order valence-electron chi connectivity index (χ4n) is 2.83. The summed E-state index contributed by atoms with van der Waals surface area (Å²) in [5.41, 5.74) is 0.376. The van der Waals surface area contributed by atoms with Gasteiger partial charge in [-0.25, -0.2) is 4.98 Å². The van der Waals surface area contributed by atoms with Crippen LogP contribution in [0.2, 0.25) is 0 Å². The smallest absolute Gasteiger partial charge is 0.273 e. The number of hydrogen-bond acceptors (Lipinski definition) is 6. The summed E-state index contributed by atoms with van der Waals surface area (Å²) >= 11 is 1.61. The Bertz CT molecular complexity index is 678. The van der Waals surface area contributed by atoms with Crippen LogP contribution in [0.25, 0.3) is 0 Å². The Hall–Kier alpha value is -1.87. The van der Waals surface area contributed by atoms with Crippen molar-refractivity contribution in [2.45, 2.75) is 31.0 Å². The summed E-state index contributed by atoms with van der Waals surface area (Å²) < 4.78 is 3.71. The zero-order chi connectivity index (χ0) is 17.5. The van der Waals surface area contributed by atoms with Crippen LogP contribution < -0.4 is 5.32 Å². The summed E-state index contributed by atoms with van der Waals surface area (Å²) in [7, 11) is 1.95. The highest BCUT2D eigenvalue weighted by atomic mass is 32.2. The Morgan fingerprint density at radius 1 is 1.28 bits per heavy atom. The highest BCUT2D eigenvalue weighted by Gasteiger charge is 2.13. The Morgan fingerprint density at radius 3 is 2.88 bits per heavy atom. The Kier molecular flexibility index (Phi) is 6.46. The molecule has 0 aromatic carbocycles. The summed E-state index contributed by atoms with van der Waals surface area (Å²) in [5.74, 6) is 0.587. The standard InChI is InChI=1S/C16H25N7OS/c1-21-9-5-18-16(21)25-12-6-17-15(24)14-13-23(20-19-14)11-10-22-7-3-2-4-8-22/h5,9,13H,2-4,6-8,10-12H2,1H3,(H,17,24). The maximum Gasteiger partial charge on any atom is 0.273 e. The number of imidazole rings is 1. The molecule has 1 aliphatic rings. The molecule has 3 heterocycles. The number of carbonyl (C=O) groups is 1. The summed E-state index contributed by atoms with van der Waals surface area (Å²) in [6.45, 7) is 4.63. The largest absolute Gasteiger partial charge is 0.350 e. The summed E-state index contributed by atoms with van der Waals surface area (Å²) in [6, 6.07) is 0. The number of likely N-dealkylation sites (tertiary alicyclic amines) is 1. The zero-order valence-electron chi connectivity index (χ0n) is 14.6. The predicted octanol–water partition coefficient (Wildman–Crippen LogP) is 1.02. The molecular weight excluding hydrogens is 338 g/mol. The van der Waals surface area contributed by atoms with Crippen LogP contribution in [0.15, 0.2) is 23.7 Å². The first kappa shape index (κ1) is 17.9. The SMILES string of the molecule is Cn1ccnc1SCCNC(=O)c1cn(CCN2CCCCC2)nn1. The van der Waals surface area contributed by atoms with Crippen LogP contribution in [0.5, 0.6) is 0 Å². The Labute approximate surface area is 152 Å². The molecule has 1 fully saturated rings. The van der Waals surface area contributed by atoms with E-state index in [0.29, 0.717) is 12.2 Å². The average Bonchev–Trinajstić information content (AvgIpc) is 3.27. The third-order valence-electron chi connectivity index (χ3n) is 4.26. The Morgan fingerprint density at radius 2 is 2.12 bits per heavy atom. The molecule has 1 aliphatic heterocycles. The van der Waals surface area contributed by atoms with Gasteiger partial charge in [0.25, 0.3) is 5.91 Å². The topological polar surface area (TPSA) is 80.9 Å². The number of thioether (sulfide) groups is 1. The number of hydrogen-bond donors (Lipinski definition) is 1. The first-order valence-corrected chi connectivity index (χ1v) is 9.72. The first-order valence-electron chi connectivity index (χ1n) is 8.73. The molecule has 136 valence electrons. The van der Waals surface area contributed by atoms with Gasteiger partial charge in [-0.2, -0.15) is 0 Å². The summed E-state index contributed by atoms with van der Waals surface area (Å²) in [6.07, 6.45) is 9.29. The van der Waals surface area contributed by atoms with Crippen molar-refractivity contribution >= 4 is 17.7 Å². The van der Waals surface area contributed by atoms with Crippen molar-refractivity contribution in [3.63, 3.8) is 0 Å². The lowest BCUT2D eigenvalue weighted by molar-refractivity contribution is 0.0951. The molecule has 8 nitrogen and oxygen atoms in total. The van der Waals surface area contributed by atoms with Gasteiger partial charge in [0.15, 0.2) is 10.9 Å². The number of nitrogens with zero attached hydrogens (tertiary/aromatic N) is 6. The third kappa shape index (κ3) is 5.30. The number of piperidine rings is 1. The molecule has 0 atom stereocenters. The number of carbonyl (C=O) groups excluding carboxylic acids is 1. The maximum atomic E-state index is 12.1. The molecule has 25 heavy (non-hydrogen) atoms. The predicted molar refractivity (Wildman–Crippen MR) is 96.6 cm³/mol. The lowest BCUT2D eigenvalue weighted by Gasteiger charge is -2.25. The summed E-state index contributed by atoms with van der Waals surface area (Å²) in [5, 5.41) is 11.9. The number of rotatable bonds is 8. The molecule has 0 spiro atoms. The third-order valence-corrected chi connectivity index (χ3v) is 5.32. The fraction of sp³-hybridized carbons (Fsp3) is 0.625. The van der Waals surface area contributed by atoms with E-state index in [-0.39, 0.29) is 5.91 Å². The van der Waals surface area contributed by atoms with Gasteiger partial charge in [0.05, 0.1) is 12.7 Å². The molecule has 0 aliphatic carbocycles. The molecule has 0 radical (unpaired) electrons. The molecule has 0 bridgehead atoms. The molecule has 2 aromatic heterocycles. The Balaban J connectivity index is 1.37. The molecule has 3 rings (SSSR count). The fourth-order valence-corrected chi connectivity index (χ4v) is 3.61. The van der Waals surface area contributed by atoms with E-state index in [9.17, 15) is 4.79 Å². The quantitative estimate of drug-likeness (QED) is 0.557. The highest BCUT2D eigenvalue weighted by molar-refractivity contribution is 7.99. The van der Waals surface area contributed by atoms with Gasteiger partial charge < -0.3 is 14.8 Å². The molecule has 9 heteroatoms. The van der Waals surface area contributed by atoms with Gasteiger partial charge in [-0.15, -0.1) is 5.10 Å². The van der Waals surface area contributed by atoms with Gasteiger partial charge in [-0.05, 0) is 25.9 Å². The second kappa shape index (κ2) is 9.00. The molecular formula is C16H25N7OS. The van der Waals surface area contributed by atoms with Crippen molar-refractivity contribution in [1.29, 1.82) is 0 Å². The van der Waals surface area contributed by atoms with Gasteiger partial charge >= 0.3 is 0 Å². The van der Waals surface area contributed by atoms with Crippen molar-refractivity contribution in [3.8, 4) is 0 Å². The van der Waals surface area contributed by atoms with Crippen LogP contribution in [0, 0.1) is 0 Å². The molecule has 1 saturated heterocycles. The van der Waals surface area contributed by atoms with Gasteiger partial charge in [-0.1, -0.05) is 23.4 Å². The minimum absolute atomic E-state index is 0.176. The van der Waals surface area contributed by atoms with Crippen LogP contribution in [0.1, 0.15) is 29.8 Å². The number of aromatic nitrogens is 5. The van der Waals surface area contributed by atoms with E-state index in [4.69, 9.17) is 0 Å². The second-order valence-electron chi connectivity index (χ2n) is 6.19. The number of aryl methyl sites for hydroxylation is 1. The maximum absolute atomic E-state index is 12.1. The summed E-state index contributed by atoms with van der Waals surface area (Å²) in [4.78, 5) is 18.8. The van der Waals surface area contributed by atoms with Gasteiger partial charge in [0.2, 0.25) is 0 Å². The molecule has 1 amide bonds. The lowest BCUT2D eigenvalue weighted by Crippen LogP contribution is -2.32. The van der Waals surface area contributed by atoms with Crippen molar-refractivity contribution in [1.82, 2.24) is 34.8 Å². The van der Waals surface area contributed by atoms with E-state index in [1.807, 2.05) is 17.8 Å². The lowest BCUT2D eigenvalue weighted by atomic mass is 10.1. The van der Waals surface area contributed by atoms with Crippen LogP contribution in [0.3, 0.4) is 0 Å². The van der Waals surface area contributed by atoms with E-state index in [2.05, 4.69) is 25.5 Å². The van der Waals surface area contributed by atoms with E-state index >= 15 is 0 Å². The van der Waals surface area contributed by atoms with E-state index in [1.54, 1.807) is 28.8 Å². The molecule has 0 saturated carbocycles. The van der Waals surface area contributed by atoms with Gasteiger partial charge in [-0.3, -0.25) is 9.48 Å². The molecule has 0 unspecified atom stereocenters. The first-order chi connectivity index (χ1) is 12.2. The van der Waals surface area contributed by atoms with Crippen molar-refractivity contribution in [2.24, 2.45) is 7.05 Å². The van der Waals surface area contributed by atoms with Crippen LogP contribution in [-0.4, -0.2) is 67.3 Å². The van der Waals surface area contributed by atoms with Crippen molar-refractivity contribution in [2.75, 3.05) is 31.9 Å². The number of amides is 1. The van der Waals surface area contributed by atoms with Crippen molar-refractivity contribution in [3.05, 3.63) is 24.3 Å². The minimum atomic E-state index is -0.176. The van der Waals surface area contributed by atoms with Crippen LogP contribution in [0.4, 0.5) is 0 Å². The van der Waals surface area contributed by atoms with Crippen LogP contribution in [-0.2, 0) is 13.6 Å². The second-order valence-corrected chi connectivity index (χ2v) is 7.26. The zero-order valence-corrected chi connectivity index (χ0v) is 15.4. The highest BCUT2D eigenvalue weighted by Crippen LogP contribution is 2.13. The molecule has 2 aromatic rings.